The summed E-state index contributed by atoms with van der Waals surface area (Å²) >= 11 is 0. The highest BCUT2D eigenvalue weighted by molar-refractivity contribution is 5.97. The Kier molecular flexibility index (Phi) is 9.82. The second-order valence-corrected chi connectivity index (χ2v) is 21.9. The third-order valence-electron chi connectivity index (χ3n) is 15.8. The fraction of sp³-hybridized carbons (Fsp3) is 0.400. The van der Waals surface area contributed by atoms with Gasteiger partial charge in [0.2, 0.25) is 0 Å². The molecule has 0 N–H and O–H groups in total. The van der Waals surface area contributed by atoms with Gasteiger partial charge in [-0.1, -0.05) is 191 Å². The molecule has 0 amide bonds. The number of anilines is 3. The summed E-state index contributed by atoms with van der Waals surface area (Å²) in [5, 5.41) is 0. The van der Waals surface area contributed by atoms with Crippen LogP contribution in [-0.2, 0) is 21.7 Å². The Labute approximate surface area is 367 Å². The summed E-state index contributed by atoms with van der Waals surface area (Å²) in [5.41, 5.74) is 20.9. The van der Waals surface area contributed by atoms with Crippen molar-refractivity contribution in [3.05, 3.63) is 161 Å². The summed E-state index contributed by atoms with van der Waals surface area (Å²) in [6.45, 7) is 19.4. The maximum Gasteiger partial charge on any atom is 0.0546 e. The second kappa shape index (κ2) is 14.9. The monoisotopic (exact) mass is 802 g/mol. The van der Waals surface area contributed by atoms with Gasteiger partial charge >= 0.3 is 0 Å². The van der Waals surface area contributed by atoms with E-state index in [1.54, 1.807) is 11.1 Å². The summed E-state index contributed by atoms with van der Waals surface area (Å²) < 4.78 is 0. The van der Waals surface area contributed by atoms with E-state index in [4.69, 9.17) is 0 Å². The average Bonchev–Trinajstić information content (AvgIpc) is 3.69. The predicted octanol–water partition coefficient (Wildman–Crippen LogP) is 17.2. The predicted molar refractivity (Wildman–Crippen MR) is 261 cm³/mol. The van der Waals surface area contributed by atoms with Crippen molar-refractivity contribution in [1.82, 2.24) is 0 Å². The number of rotatable bonds is 6. The van der Waals surface area contributed by atoms with E-state index in [-0.39, 0.29) is 21.7 Å². The van der Waals surface area contributed by atoms with Crippen LogP contribution >= 0.6 is 0 Å². The van der Waals surface area contributed by atoms with Crippen molar-refractivity contribution in [2.45, 2.75) is 141 Å². The van der Waals surface area contributed by atoms with Crippen molar-refractivity contribution in [3.8, 4) is 33.4 Å². The number of benzene rings is 6. The van der Waals surface area contributed by atoms with Gasteiger partial charge in [0.1, 0.15) is 0 Å². The molecule has 0 aromatic heterocycles. The SMILES string of the molecule is CC(C)(C)c1ccc2c(c1)C(C1CCCCC1)(C1CCCCC1)c1cc(C(C)(C)C)cc(N(c3ccc(-c4ccccc4)cc3)c3ccc4c(c3)C(C)(C)c3ccccc3-4)c1-2. The summed E-state index contributed by atoms with van der Waals surface area (Å²) in [5.74, 6) is 1.28. The highest BCUT2D eigenvalue weighted by Gasteiger charge is 2.55. The minimum absolute atomic E-state index is 0.00676. The van der Waals surface area contributed by atoms with Crippen LogP contribution in [0.25, 0.3) is 33.4 Å². The van der Waals surface area contributed by atoms with Gasteiger partial charge in [0.15, 0.2) is 0 Å². The Bertz CT molecular complexity index is 2560. The van der Waals surface area contributed by atoms with Gasteiger partial charge in [0.05, 0.1) is 5.69 Å². The molecule has 312 valence electrons. The van der Waals surface area contributed by atoms with E-state index in [9.17, 15) is 0 Å². The van der Waals surface area contributed by atoms with Crippen molar-refractivity contribution in [1.29, 1.82) is 0 Å². The van der Waals surface area contributed by atoms with Crippen LogP contribution in [0.15, 0.2) is 127 Å². The van der Waals surface area contributed by atoms with Gasteiger partial charge in [-0.15, -0.1) is 0 Å². The molecule has 1 heteroatoms. The van der Waals surface area contributed by atoms with Gasteiger partial charge in [-0.2, -0.15) is 0 Å². The molecule has 2 saturated carbocycles. The van der Waals surface area contributed by atoms with Crippen LogP contribution in [0.5, 0.6) is 0 Å². The molecule has 6 aromatic carbocycles. The van der Waals surface area contributed by atoms with Crippen LogP contribution in [0.3, 0.4) is 0 Å². The van der Waals surface area contributed by atoms with Crippen LogP contribution in [0.1, 0.15) is 153 Å². The molecule has 0 aliphatic heterocycles. The molecule has 0 saturated heterocycles. The number of hydrogen-bond donors (Lipinski definition) is 0. The molecule has 4 aliphatic rings. The lowest BCUT2D eigenvalue weighted by molar-refractivity contribution is 0.137. The van der Waals surface area contributed by atoms with E-state index in [1.165, 1.54) is 137 Å². The van der Waals surface area contributed by atoms with E-state index >= 15 is 0 Å². The third-order valence-corrected chi connectivity index (χ3v) is 15.8. The number of nitrogens with zero attached hydrogens (tertiary/aromatic N) is 1. The topological polar surface area (TPSA) is 3.24 Å². The molecule has 10 rings (SSSR count). The lowest BCUT2D eigenvalue weighted by Gasteiger charge is -2.49. The maximum absolute atomic E-state index is 2.75. The maximum atomic E-state index is 2.75. The first-order valence-electron chi connectivity index (χ1n) is 23.8. The molecule has 4 aliphatic carbocycles. The molecule has 6 aromatic rings. The minimum Gasteiger partial charge on any atom is -0.310 e. The first kappa shape index (κ1) is 40.2. The Morgan fingerprint density at radius 1 is 0.443 bits per heavy atom. The van der Waals surface area contributed by atoms with Crippen molar-refractivity contribution in [2.75, 3.05) is 4.90 Å². The van der Waals surface area contributed by atoms with Gasteiger partial charge in [0.25, 0.3) is 0 Å². The summed E-state index contributed by atoms with van der Waals surface area (Å²) in [4.78, 5) is 2.67. The van der Waals surface area contributed by atoms with E-state index < -0.39 is 0 Å². The van der Waals surface area contributed by atoms with Crippen LogP contribution in [0.4, 0.5) is 17.1 Å². The number of hydrogen-bond acceptors (Lipinski definition) is 1. The van der Waals surface area contributed by atoms with Gasteiger partial charge in [-0.3, -0.25) is 0 Å². The van der Waals surface area contributed by atoms with Crippen molar-refractivity contribution >= 4 is 17.1 Å². The smallest absolute Gasteiger partial charge is 0.0546 e. The zero-order valence-corrected chi connectivity index (χ0v) is 38.3. The van der Waals surface area contributed by atoms with E-state index in [2.05, 4.69) is 188 Å². The quantitative estimate of drug-likeness (QED) is 0.162. The Morgan fingerprint density at radius 2 is 0.984 bits per heavy atom. The molecule has 0 unspecified atom stereocenters. The van der Waals surface area contributed by atoms with Crippen LogP contribution in [0, 0.1) is 11.8 Å². The fourth-order valence-electron chi connectivity index (χ4n) is 12.6. The largest absolute Gasteiger partial charge is 0.310 e. The van der Waals surface area contributed by atoms with Crippen LogP contribution < -0.4 is 4.90 Å². The van der Waals surface area contributed by atoms with Crippen LogP contribution in [-0.4, -0.2) is 0 Å². The summed E-state index contributed by atoms with van der Waals surface area (Å²) in [6.07, 6.45) is 13.5. The summed E-state index contributed by atoms with van der Waals surface area (Å²) in [6, 6.07) is 49.9. The normalized spacial score (nSPS) is 18.3. The molecule has 0 bridgehead atoms. The molecule has 1 nitrogen and oxygen atoms in total. The second-order valence-electron chi connectivity index (χ2n) is 21.9. The highest BCUT2D eigenvalue weighted by Crippen LogP contribution is 2.65. The zero-order valence-electron chi connectivity index (χ0n) is 38.3. The molecule has 0 spiro atoms. The van der Waals surface area contributed by atoms with E-state index in [1.807, 2.05) is 0 Å². The highest BCUT2D eigenvalue weighted by atomic mass is 15.1. The van der Waals surface area contributed by atoms with E-state index in [0.29, 0.717) is 11.8 Å². The van der Waals surface area contributed by atoms with Gasteiger partial charge < -0.3 is 4.90 Å². The Hall–Kier alpha value is -4.88. The Balaban J connectivity index is 1.29. The Morgan fingerprint density at radius 3 is 1.62 bits per heavy atom. The molecule has 0 atom stereocenters. The molecule has 0 radical (unpaired) electrons. The standard InChI is InChI=1S/C60H67N/c1-57(2,3)44-30-34-50-53(36-44)60(42-22-14-10-15-23-42,43-24-16-11-17-25-43)54-37-45(58(4,5)6)38-55(56(50)54)61(46-31-28-41(29-32-46)40-20-12-9-13-21-40)47-33-35-49-48-26-18-19-27-51(48)59(7,8)52(49)39-47/h9,12-13,18-21,26-39,42-43H,10-11,14-17,22-25H2,1-8H3. The van der Waals surface area contributed by atoms with Crippen molar-refractivity contribution in [2.24, 2.45) is 11.8 Å². The van der Waals surface area contributed by atoms with E-state index in [0.717, 1.165) is 0 Å². The first-order valence-corrected chi connectivity index (χ1v) is 23.8. The molecular weight excluding hydrogens is 735 g/mol. The third kappa shape index (κ3) is 6.55. The van der Waals surface area contributed by atoms with Crippen LogP contribution in [0.2, 0.25) is 0 Å². The molecule has 0 heterocycles. The van der Waals surface area contributed by atoms with Gasteiger partial charge in [-0.05, 0) is 140 Å². The number of fused-ring (bicyclic) bond motifs is 6. The van der Waals surface area contributed by atoms with Gasteiger partial charge in [0, 0.05) is 27.8 Å². The zero-order chi connectivity index (χ0) is 42.3. The van der Waals surface area contributed by atoms with Crippen molar-refractivity contribution in [3.63, 3.8) is 0 Å². The molecule has 2 fully saturated rings. The molecular formula is C60H67N. The minimum atomic E-state index is -0.104. The first-order chi connectivity index (χ1) is 29.3. The van der Waals surface area contributed by atoms with Crippen molar-refractivity contribution < 1.29 is 0 Å². The fourth-order valence-corrected chi connectivity index (χ4v) is 12.6. The lowest BCUT2D eigenvalue weighted by atomic mass is 9.54. The molecule has 61 heavy (non-hydrogen) atoms. The lowest BCUT2D eigenvalue weighted by Crippen LogP contribution is -2.44. The summed E-state index contributed by atoms with van der Waals surface area (Å²) in [7, 11) is 0. The van der Waals surface area contributed by atoms with Gasteiger partial charge in [-0.25, -0.2) is 0 Å². The average molecular weight is 802 g/mol.